The lowest BCUT2D eigenvalue weighted by atomic mass is 9.97. The van der Waals surface area contributed by atoms with Gasteiger partial charge in [0, 0.05) is 22.2 Å². The molecule has 3 N–H and O–H groups in total. The molecule has 4 nitrogen and oxygen atoms in total. The summed E-state index contributed by atoms with van der Waals surface area (Å²) in [7, 11) is 0. The van der Waals surface area contributed by atoms with Crippen LogP contribution in [-0.4, -0.2) is 10.1 Å². The van der Waals surface area contributed by atoms with E-state index in [9.17, 15) is 9.90 Å². The second kappa shape index (κ2) is 3.95. The fourth-order valence-electron chi connectivity index (χ4n) is 2.72. The lowest BCUT2D eigenvalue weighted by Gasteiger charge is -2.25. The third-order valence-corrected chi connectivity index (χ3v) is 3.73. The minimum Gasteiger partial charge on any atom is -0.382 e. The van der Waals surface area contributed by atoms with Gasteiger partial charge in [0.1, 0.15) is 11.8 Å². The van der Waals surface area contributed by atoms with Crippen LogP contribution in [0.1, 0.15) is 17.4 Å². The highest BCUT2D eigenvalue weighted by Crippen LogP contribution is 2.37. The Morgan fingerprint density at radius 2 is 1.75 bits per heavy atom. The van der Waals surface area contributed by atoms with Crippen molar-refractivity contribution in [3.8, 4) is 0 Å². The quantitative estimate of drug-likeness (QED) is 0.585. The number of pyridine rings is 1. The van der Waals surface area contributed by atoms with Crippen molar-refractivity contribution in [1.29, 1.82) is 0 Å². The lowest BCUT2D eigenvalue weighted by molar-refractivity contribution is 0.215. The van der Waals surface area contributed by atoms with Crippen molar-refractivity contribution in [3.05, 3.63) is 70.0 Å². The van der Waals surface area contributed by atoms with Crippen molar-refractivity contribution >= 4 is 22.3 Å². The standard InChI is InChI=1S/C16H12N2O2/c19-15-9-5-1-3-7-11(9)17-14-13(15)18-12-8-4-2-6-10(12)16(14)20/h1-8,15,17,19H,(H,18,20). The number of hydrogen-bond donors (Lipinski definition) is 3. The van der Waals surface area contributed by atoms with E-state index in [4.69, 9.17) is 0 Å². The van der Waals surface area contributed by atoms with Crippen LogP contribution in [0.2, 0.25) is 0 Å². The molecule has 4 heteroatoms. The number of hydrogen-bond acceptors (Lipinski definition) is 3. The van der Waals surface area contributed by atoms with Gasteiger partial charge in [-0.2, -0.15) is 0 Å². The summed E-state index contributed by atoms with van der Waals surface area (Å²) in [5.74, 6) is 0. The maximum absolute atomic E-state index is 12.5. The first-order valence-electron chi connectivity index (χ1n) is 6.44. The van der Waals surface area contributed by atoms with E-state index in [-0.39, 0.29) is 5.43 Å². The van der Waals surface area contributed by atoms with Crippen LogP contribution in [0.25, 0.3) is 10.9 Å². The monoisotopic (exact) mass is 264 g/mol. The molecule has 0 saturated carbocycles. The molecule has 0 spiro atoms. The Kier molecular flexibility index (Phi) is 2.22. The van der Waals surface area contributed by atoms with Crippen molar-refractivity contribution in [3.63, 3.8) is 0 Å². The van der Waals surface area contributed by atoms with Gasteiger partial charge >= 0.3 is 0 Å². The number of aromatic amines is 1. The first-order chi connectivity index (χ1) is 9.75. The van der Waals surface area contributed by atoms with E-state index >= 15 is 0 Å². The molecule has 1 aliphatic heterocycles. The largest absolute Gasteiger partial charge is 0.382 e. The maximum atomic E-state index is 12.5. The molecule has 2 heterocycles. The first-order valence-corrected chi connectivity index (χ1v) is 6.44. The number of benzene rings is 2. The molecule has 2 aromatic carbocycles. The summed E-state index contributed by atoms with van der Waals surface area (Å²) in [4.78, 5) is 15.7. The Balaban J connectivity index is 2.06. The maximum Gasteiger partial charge on any atom is 0.213 e. The first kappa shape index (κ1) is 11.3. The minimum absolute atomic E-state index is 0.0945. The van der Waals surface area contributed by atoms with E-state index < -0.39 is 6.10 Å². The molecule has 1 aliphatic rings. The van der Waals surface area contributed by atoms with E-state index in [1.807, 2.05) is 42.5 Å². The van der Waals surface area contributed by atoms with E-state index in [0.717, 1.165) is 16.8 Å². The summed E-state index contributed by atoms with van der Waals surface area (Å²) in [5, 5.41) is 14.2. The van der Waals surface area contributed by atoms with Crippen molar-refractivity contribution in [2.24, 2.45) is 0 Å². The molecule has 4 rings (SSSR count). The Morgan fingerprint density at radius 1 is 1.00 bits per heavy atom. The molecule has 3 aromatic rings. The van der Waals surface area contributed by atoms with Crippen LogP contribution in [0.3, 0.4) is 0 Å². The summed E-state index contributed by atoms with van der Waals surface area (Å²) in [5.41, 5.74) is 3.13. The van der Waals surface area contributed by atoms with Crippen molar-refractivity contribution in [1.82, 2.24) is 4.98 Å². The number of anilines is 2. The smallest absolute Gasteiger partial charge is 0.213 e. The third kappa shape index (κ3) is 1.42. The highest BCUT2D eigenvalue weighted by atomic mass is 16.3. The molecule has 0 aliphatic carbocycles. The molecule has 1 unspecified atom stereocenters. The number of H-pyrrole nitrogens is 1. The van der Waals surface area contributed by atoms with Gasteiger partial charge in [-0.15, -0.1) is 0 Å². The summed E-state index contributed by atoms with van der Waals surface area (Å²) in [6.45, 7) is 0. The molecule has 98 valence electrons. The van der Waals surface area contributed by atoms with Crippen molar-refractivity contribution < 1.29 is 5.11 Å². The zero-order valence-corrected chi connectivity index (χ0v) is 10.6. The van der Waals surface area contributed by atoms with Crippen LogP contribution in [0.4, 0.5) is 11.4 Å². The summed E-state index contributed by atoms with van der Waals surface area (Å²) >= 11 is 0. The summed E-state index contributed by atoms with van der Waals surface area (Å²) in [6, 6.07) is 14.8. The number of aliphatic hydroxyl groups is 1. The van der Waals surface area contributed by atoms with Gasteiger partial charge in [0.15, 0.2) is 0 Å². The lowest BCUT2D eigenvalue weighted by Crippen LogP contribution is -2.21. The number of fused-ring (bicyclic) bond motifs is 3. The Bertz CT molecular complexity index is 883. The van der Waals surface area contributed by atoms with Crippen LogP contribution < -0.4 is 10.7 Å². The second-order valence-corrected chi connectivity index (χ2v) is 4.90. The highest BCUT2D eigenvalue weighted by molar-refractivity contribution is 5.85. The topological polar surface area (TPSA) is 65.1 Å². The Labute approximate surface area is 114 Å². The number of para-hydroxylation sites is 2. The molecule has 20 heavy (non-hydrogen) atoms. The van der Waals surface area contributed by atoms with Crippen LogP contribution in [-0.2, 0) is 0 Å². The minimum atomic E-state index is -0.820. The number of rotatable bonds is 0. The molecule has 0 bridgehead atoms. The van der Waals surface area contributed by atoms with Gasteiger partial charge in [0.25, 0.3) is 0 Å². The Morgan fingerprint density at radius 3 is 2.65 bits per heavy atom. The number of aromatic nitrogens is 1. The van der Waals surface area contributed by atoms with E-state index in [1.54, 1.807) is 6.07 Å². The van der Waals surface area contributed by atoms with Crippen molar-refractivity contribution in [2.45, 2.75) is 6.10 Å². The van der Waals surface area contributed by atoms with Gasteiger partial charge in [-0.25, -0.2) is 0 Å². The van der Waals surface area contributed by atoms with Gasteiger partial charge in [-0.3, -0.25) is 4.79 Å². The number of nitrogens with one attached hydrogen (secondary N) is 2. The molecular formula is C16H12N2O2. The van der Waals surface area contributed by atoms with E-state index in [1.165, 1.54) is 0 Å². The molecule has 0 radical (unpaired) electrons. The van der Waals surface area contributed by atoms with Gasteiger partial charge in [0.2, 0.25) is 5.43 Å². The summed E-state index contributed by atoms with van der Waals surface area (Å²) in [6.07, 6.45) is -0.820. The van der Waals surface area contributed by atoms with Crippen LogP contribution in [0.15, 0.2) is 53.3 Å². The van der Waals surface area contributed by atoms with Crippen LogP contribution in [0.5, 0.6) is 0 Å². The molecular weight excluding hydrogens is 252 g/mol. The van der Waals surface area contributed by atoms with Crippen LogP contribution in [0, 0.1) is 0 Å². The predicted octanol–water partition coefficient (Wildman–Crippen LogP) is 2.67. The van der Waals surface area contributed by atoms with Gasteiger partial charge in [-0.05, 0) is 18.2 Å². The molecule has 1 aromatic heterocycles. The normalized spacial score (nSPS) is 16.4. The molecule has 0 amide bonds. The van der Waals surface area contributed by atoms with Gasteiger partial charge in [-0.1, -0.05) is 30.3 Å². The van der Waals surface area contributed by atoms with Crippen molar-refractivity contribution in [2.75, 3.05) is 5.32 Å². The molecule has 1 atom stereocenters. The predicted molar refractivity (Wildman–Crippen MR) is 78.4 cm³/mol. The zero-order chi connectivity index (χ0) is 13.7. The summed E-state index contributed by atoms with van der Waals surface area (Å²) < 4.78 is 0. The van der Waals surface area contributed by atoms with E-state index in [2.05, 4.69) is 10.3 Å². The van der Waals surface area contributed by atoms with Crippen LogP contribution >= 0.6 is 0 Å². The third-order valence-electron chi connectivity index (χ3n) is 3.73. The second-order valence-electron chi connectivity index (χ2n) is 4.90. The van der Waals surface area contributed by atoms with Gasteiger partial charge < -0.3 is 15.4 Å². The number of aliphatic hydroxyl groups excluding tert-OH is 1. The SMILES string of the molecule is O=c1c2c([nH]c3ccccc13)C(O)c1ccccc1N2. The average molecular weight is 264 g/mol. The molecule has 0 saturated heterocycles. The highest BCUT2D eigenvalue weighted by Gasteiger charge is 2.26. The van der Waals surface area contributed by atoms with Gasteiger partial charge in [0.05, 0.1) is 5.69 Å². The Hall–Kier alpha value is -2.59. The molecule has 0 fully saturated rings. The fraction of sp³-hybridized carbons (Fsp3) is 0.0625. The zero-order valence-electron chi connectivity index (χ0n) is 10.6. The average Bonchev–Trinajstić information content (AvgIpc) is 2.49. The van der Waals surface area contributed by atoms with E-state index in [0.29, 0.717) is 16.8 Å². The fourth-order valence-corrected chi connectivity index (χ4v) is 2.72.